The van der Waals surface area contributed by atoms with Crippen molar-refractivity contribution in [3.05, 3.63) is 89.5 Å². The Labute approximate surface area is 251 Å². The Hall–Kier alpha value is -4.44. The van der Waals surface area contributed by atoms with E-state index in [-0.39, 0.29) is 24.8 Å². The molecule has 0 radical (unpaired) electrons. The number of methoxy groups -OCH3 is 2. The molecule has 3 aromatic carbocycles. The van der Waals surface area contributed by atoms with Gasteiger partial charge in [-0.15, -0.1) is 0 Å². The molecule has 0 saturated carbocycles. The monoisotopic (exact) mass is 589 g/mol. The smallest absolute Gasteiger partial charge is 0.338 e. The van der Waals surface area contributed by atoms with Crippen LogP contribution in [0.1, 0.15) is 34.8 Å². The predicted octanol–water partition coefficient (Wildman–Crippen LogP) is 4.49. The van der Waals surface area contributed by atoms with Gasteiger partial charge in [0.05, 0.1) is 32.8 Å². The highest BCUT2D eigenvalue weighted by Gasteiger charge is 2.42. The number of hydrogen-bond acceptors (Lipinski definition) is 7. The summed E-state index contributed by atoms with van der Waals surface area (Å²) < 4.78 is 15.8. The lowest BCUT2D eigenvalue weighted by Crippen LogP contribution is -2.39. The summed E-state index contributed by atoms with van der Waals surface area (Å²) in [6.45, 7) is 2.87. The van der Waals surface area contributed by atoms with E-state index in [0.29, 0.717) is 53.8 Å². The van der Waals surface area contributed by atoms with E-state index in [1.54, 1.807) is 50.3 Å². The van der Waals surface area contributed by atoms with E-state index in [1.165, 1.54) is 0 Å². The average Bonchev–Trinajstić information content (AvgIpc) is 3.22. The Bertz CT molecular complexity index is 1410. The number of esters is 1. The van der Waals surface area contributed by atoms with Crippen LogP contribution in [0.3, 0.4) is 0 Å². The molecule has 0 bridgehead atoms. The van der Waals surface area contributed by atoms with Gasteiger partial charge in [-0.25, -0.2) is 4.79 Å². The van der Waals surface area contributed by atoms with Crippen LogP contribution in [0.25, 0.3) is 0 Å². The summed E-state index contributed by atoms with van der Waals surface area (Å²) in [6.07, 6.45) is 1.14. The van der Waals surface area contributed by atoms with Crippen molar-refractivity contribution in [2.24, 2.45) is 0 Å². The first-order valence-corrected chi connectivity index (χ1v) is 14.2. The van der Waals surface area contributed by atoms with Crippen molar-refractivity contribution in [2.75, 3.05) is 39.2 Å². The zero-order chi connectivity index (χ0) is 30.1. The maximum Gasteiger partial charge on any atom is 0.338 e. The van der Waals surface area contributed by atoms with E-state index in [9.17, 15) is 14.4 Å². The second-order valence-electron chi connectivity index (χ2n) is 9.71. The van der Waals surface area contributed by atoms with Gasteiger partial charge in [-0.05, 0) is 79.5 Å². The van der Waals surface area contributed by atoms with Crippen molar-refractivity contribution in [3.63, 3.8) is 0 Å². The normalized spacial score (nSPS) is 14.6. The molecule has 4 rings (SSSR count). The molecule has 220 valence electrons. The fraction of sp³-hybridized carbons (Fsp3) is 0.312. The van der Waals surface area contributed by atoms with Crippen LogP contribution in [0.4, 0.5) is 5.69 Å². The number of ether oxygens (including phenoxy) is 3. The molecule has 0 spiro atoms. The standard InChI is InChI=1S/C32H35N3O6S/c1-4-41-31(38)24-11-13-25(14-12-24)33-29(36)21-26-30(37)35(19-16-22-8-6-5-7-9-22)32(42)34(26)18-17-23-10-15-27(39-2)28(20-23)40-3/h5-15,20,26H,4,16-19,21H2,1-3H3,(H,33,36). The molecule has 1 fully saturated rings. The summed E-state index contributed by atoms with van der Waals surface area (Å²) in [6, 6.07) is 21.3. The van der Waals surface area contributed by atoms with Crippen molar-refractivity contribution in [3.8, 4) is 11.5 Å². The molecule has 1 N–H and O–H groups in total. The SMILES string of the molecule is CCOC(=O)c1ccc(NC(=O)CC2C(=O)N(CCc3ccccc3)C(=S)N2CCc2ccc(OC)c(OC)c2)cc1. The van der Waals surface area contributed by atoms with Crippen LogP contribution in [0.2, 0.25) is 0 Å². The molecule has 3 aromatic rings. The third-order valence-electron chi connectivity index (χ3n) is 7.02. The quantitative estimate of drug-likeness (QED) is 0.230. The number of nitrogens with zero attached hydrogens (tertiary/aromatic N) is 2. The van der Waals surface area contributed by atoms with Gasteiger partial charge in [-0.2, -0.15) is 0 Å². The van der Waals surface area contributed by atoms with E-state index in [0.717, 1.165) is 11.1 Å². The van der Waals surface area contributed by atoms with Crippen molar-refractivity contribution in [1.82, 2.24) is 9.80 Å². The van der Waals surface area contributed by atoms with Gasteiger partial charge in [-0.1, -0.05) is 36.4 Å². The topological polar surface area (TPSA) is 97.4 Å². The van der Waals surface area contributed by atoms with Gasteiger partial charge in [0.1, 0.15) is 6.04 Å². The van der Waals surface area contributed by atoms with Crippen LogP contribution in [-0.2, 0) is 27.2 Å². The zero-order valence-electron chi connectivity index (χ0n) is 24.0. The largest absolute Gasteiger partial charge is 0.493 e. The first-order valence-electron chi connectivity index (χ1n) is 13.8. The Morgan fingerprint density at radius 1 is 0.881 bits per heavy atom. The highest BCUT2D eigenvalue weighted by atomic mass is 32.1. The molecular weight excluding hydrogens is 554 g/mol. The minimum atomic E-state index is -0.743. The Morgan fingerprint density at radius 2 is 1.57 bits per heavy atom. The molecular formula is C32H35N3O6S. The molecule has 0 aliphatic carbocycles. The van der Waals surface area contributed by atoms with Gasteiger partial charge in [-0.3, -0.25) is 14.5 Å². The van der Waals surface area contributed by atoms with Crippen molar-refractivity contribution in [1.29, 1.82) is 0 Å². The predicted molar refractivity (Wildman–Crippen MR) is 164 cm³/mol. The number of anilines is 1. The molecule has 1 unspecified atom stereocenters. The lowest BCUT2D eigenvalue weighted by molar-refractivity contribution is -0.130. The number of nitrogens with one attached hydrogen (secondary N) is 1. The van der Waals surface area contributed by atoms with Crippen LogP contribution in [0, 0.1) is 0 Å². The molecule has 10 heteroatoms. The number of carbonyl (C=O) groups is 3. The van der Waals surface area contributed by atoms with Gasteiger partial charge in [0.25, 0.3) is 5.91 Å². The minimum absolute atomic E-state index is 0.0770. The molecule has 1 saturated heterocycles. The first-order chi connectivity index (χ1) is 20.3. The molecule has 9 nitrogen and oxygen atoms in total. The summed E-state index contributed by atoms with van der Waals surface area (Å²) in [5, 5.41) is 3.25. The Morgan fingerprint density at radius 3 is 2.24 bits per heavy atom. The van der Waals surface area contributed by atoms with Crippen molar-refractivity contribution in [2.45, 2.75) is 32.2 Å². The van der Waals surface area contributed by atoms with E-state index in [1.807, 2.05) is 53.4 Å². The second-order valence-corrected chi connectivity index (χ2v) is 10.1. The van der Waals surface area contributed by atoms with Crippen molar-refractivity contribution < 1.29 is 28.6 Å². The number of amides is 2. The second kappa shape index (κ2) is 14.5. The molecule has 1 aliphatic heterocycles. The van der Waals surface area contributed by atoms with Crippen LogP contribution in [0.15, 0.2) is 72.8 Å². The van der Waals surface area contributed by atoms with Gasteiger partial charge in [0.2, 0.25) is 5.91 Å². The van der Waals surface area contributed by atoms with Crippen LogP contribution in [-0.4, -0.2) is 72.7 Å². The third-order valence-corrected chi connectivity index (χ3v) is 7.47. The zero-order valence-corrected chi connectivity index (χ0v) is 24.8. The molecule has 42 heavy (non-hydrogen) atoms. The van der Waals surface area contributed by atoms with Crippen molar-refractivity contribution >= 4 is 40.8 Å². The molecule has 0 aromatic heterocycles. The van der Waals surface area contributed by atoms with Crippen LogP contribution in [0.5, 0.6) is 11.5 Å². The number of thiocarbonyl (C=S) groups is 1. The molecule has 1 heterocycles. The molecule has 1 atom stereocenters. The van der Waals surface area contributed by atoms with Gasteiger partial charge < -0.3 is 24.4 Å². The number of carbonyl (C=O) groups excluding carboxylic acids is 3. The average molecular weight is 590 g/mol. The summed E-state index contributed by atoms with van der Waals surface area (Å²) in [7, 11) is 3.17. The fourth-order valence-electron chi connectivity index (χ4n) is 4.81. The van der Waals surface area contributed by atoms with Gasteiger partial charge >= 0.3 is 5.97 Å². The van der Waals surface area contributed by atoms with E-state index in [2.05, 4.69) is 5.32 Å². The van der Waals surface area contributed by atoms with Gasteiger partial charge in [0.15, 0.2) is 16.6 Å². The highest BCUT2D eigenvalue weighted by molar-refractivity contribution is 7.80. The number of benzene rings is 3. The lowest BCUT2D eigenvalue weighted by Gasteiger charge is -2.24. The first kappa shape index (κ1) is 30.5. The van der Waals surface area contributed by atoms with E-state index in [4.69, 9.17) is 26.4 Å². The molecule has 1 aliphatic rings. The summed E-state index contributed by atoms with van der Waals surface area (Å²) in [4.78, 5) is 42.1. The van der Waals surface area contributed by atoms with E-state index < -0.39 is 12.0 Å². The number of rotatable bonds is 13. The maximum absolute atomic E-state index is 13.6. The minimum Gasteiger partial charge on any atom is -0.493 e. The lowest BCUT2D eigenvalue weighted by atomic mass is 10.1. The van der Waals surface area contributed by atoms with Gasteiger partial charge in [0, 0.05) is 18.8 Å². The maximum atomic E-state index is 13.6. The fourth-order valence-corrected chi connectivity index (χ4v) is 5.21. The molecule has 2 amide bonds. The Kier molecular flexibility index (Phi) is 10.5. The van der Waals surface area contributed by atoms with Crippen LogP contribution < -0.4 is 14.8 Å². The number of hydrogen-bond donors (Lipinski definition) is 1. The van der Waals surface area contributed by atoms with E-state index >= 15 is 0 Å². The summed E-state index contributed by atoms with van der Waals surface area (Å²) >= 11 is 5.79. The van der Waals surface area contributed by atoms with Crippen LogP contribution >= 0.6 is 12.2 Å². The summed E-state index contributed by atoms with van der Waals surface area (Å²) in [5.41, 5.74) is 2.98. The third kappa shape index (κ3) is 7.44. The Balaban J connectivity index is 1.48. The summed E-state index contributed by atoms with van der Waals surface area (Å²) in [5.74, 6) is 0.285. The highest BCUT2D eigenvalue weighted by Crippen LogP contribution is 2.29.